The second-order valence-electron chi connectivity index (χ2n) is 6.37. The summed E-state index contributed by atoms with van der Waals surface area (Å²) in [5.74, 6) is 0. The minimum atomic E-state index is 0.00578. The van der Waals surface area contributed by atoms with Crippen LogP contribution in [0, 0.1) is 34.0 Å². The standard InChI is InChI=1S/C21H16N4O/c1-21(14-26-15-21)25-8-6-16(7-9-25)10-19(11-22)17-2-4-18(5-3-17)20(12-23)13-24/h2-10H,14-15H2,1H3. The van der Waals surface area contributed by atoms with Gasteiger partial charge in [0.1, 0.15) is 17.7 Å². The van der Waals surface area contributed by atoms with Crippen molar-refractivity contribution < 1.29 is 4.74 Å². The Morgan fingerprint density at radius 1 is 1.00 bits per heavy atom. The molecule has 0 aromatic heterocycles. The van der Waals surface area contributed by atoms with Crippen molar-refractivity contribution in [2.75, 3.05) is 13.2 Å². The van der Waals surface area contributed by atoms with Crippen LogP contribution in [0.5, 0.6) is 0 Å². The topological polar surface area (TPSA) is 83.8 Å². The van der Waals surface area contributed by atoms with Gasteiger partial charge in [0.2, 0.25) is 0 Å². The van der Waals surface area contributed by atoms with E-state index in [0.717, 1.165) is 10.8 Å². The fourth-order valence-electron chi connectivity index (χ4n) is 2.76. The van der Waals surface area contributed by atoms with E-state index in [1.165, 1.54) is 0 Å². The highest BCUT2D eigenvalue weighted by atomic mass is 16.5. The lowest BCUT2D eigenvalue weighted by Crippen LogP contribution is -2.56. The number of hydrogen-bond acceptors (Lipinski definition) is 5. The summed E-state index contributed by atoms with van der Waals surface area (Å²) in [5, 5.41) is 28.6. The summed E-state index contributed by atoms with van der Waals surface area (Å²) >= 11 is 0. The predicted molar refractivity (Wildman–Crippen MR) is 96.8 cm³/mol. The lowest BCUT2D eigenvalue weighted by atomic mass is 9.97. The highest BCUT2D eigenvalue weighted by Gasteiger charge is 2.37. The summed E-state index contributed by atoms with van der Waals surface area (Å²) in [7, 11) is 0. The molecule has 0 spiro atoms. The third kappa shape index (κ3) is 3.28. The van der Waals surface area contributed by atoms with Crippen LogP contribution in [0.1, 0.15) is 6.92 Å². The van der Waals surface area contributed by atoms with Crippen molar-refractivity contribution in [3.63, 3.8) is 0 Å². The average Bonchev–Trinajstić information content (AvgIpc) is 2.66. The number of allylic oxidation sites excluding steroid dienone is 4. The van der Waals surface area contributed by atoms with Gasteiger partial charge < -0.3 is 9.64 Å². The monoisotopic (exact) mass is 340 g/mol. The normalized spacial score (nSPS) is 16.7. The summed E-state index contributed by atoms with van der Waals surface area (Å²) < 4.78 is 5.29. The summed E-state index contributed by atoms with van der Waals surface area (Å²) in [6.45, 7) is 3.54. The Morgan fingerprint density at radius 2 is 1.58 bits per heavy atom. The van der Waals surface area contributed by atoms with E-state index in [1.807, 2.05) is 42.8 Å². The number of nitrogens with zero attached hydrogens (tertiary/aromatic N) is 4. The van der Waals surface area contributed by atoms with Crippen LogP contribution >= 0.6 is 0 Å². The maximum Gasteiger partial charge on any atom is 0.136 e. The third-order valence-corrected chi connectivity index (χ3v) is 4.44. The van der Waals surface area contributed by atoms with Gasteiger partial charge in [0.05, 0.1) is 30.4 Å². The Hall–Kier alpha value is -3.59. The molecule has 0 bridgehead atoms. The van der Waals surface area contributed by atoms with Gasteiger partial charge in [0.15, 0.2) is 0 Å². The first kappa shape index (κ1) is 17.2. The molecule has 5 heteroatoms. The smallest absolute Gasteiger partial charge is 0.136 e. The van der Waals surface area contributed by atoms with Gasteiger partial charge in [-0.2, -0.15) is 15.8 Å². The van der Waals surface area contributed by atoms with E-state index >= 15 is 0 Å². The van der Waals surface area contributed by atoms with Gasteiger partial charge in [-0.3, -0.25) is 0 Å². The van der Waals surface area contributed by atoms with Crippen molar-refractivity contribution in [3.05, 3.63) is 70.9 Å². The number of ether oxygens (including phenoxy) is 1. The molecule has 1 aromatic rings. The second kappa shape index (κ2) is 7.11. The van der Waals surface area contributed by atoms with E-state index in [9.17, 15) is 5.26 Å². The van der Waals surface area contributed by atoms with Gasteiger partial charge in [0, 0.05) is 17.6 Å². The Kier molecular flexibility index (Phi) is 4.72. The van der Waals surface area contributed by atoms with Crippen molar-refractivity contribution in [1.82, 2.24) is 4.90 Å². The molecule has 0 unspecified atom stereocenters. The van der Waals surface area contributed by atoms with Gasteiger partial charge in [0.25, 0.3) is 0 Å². The zero-order chi connectivity index (χ0) is 18.6. The van der Waals surface area contributed by atoms with Crippen molar-refractivity contribution >= 4 is 11.1 Å². The molecule has 2 heterocycles. The molecule has 2 aliphatic rings. The van der Waals surface area contributed by atoms with Crippen molar-refractivity contribution in [2.45, 2.75) is 12.5 Å². The lowest BCUT2D eigenvalue weighted by Gasteiger charge is -2.45. The molecule has 0 aliphatic carbocycles. The van der Waals surface area contributed by atoms with Gasteiger partial charge >= 0.3 is 0 Å². The largest absolute Gasteiger partial charge is 0.376 e. The zero-order valence-electron chi connectivity index (χ0n) is 14.3. The van der Waals surface area contributed by atoms with Crippen LogP contribution in [-0.4, -0.2) is 23.7 Å². The number of hydrogen-bond donors (Lipinski definition) is 0. The molecule has 0 saturated carbocycles. The van der Waals surface area contributed by atoms with E-state index in [2.05, 4.69) is 17.9 Å². The molecule has 3 rings (SSSR count). The molecule has 126 valence electrons. The maximum absolute atomic E-state index is 9.49. The molecule has 1 fully saturated rings. The Morgan fingerprint density at radius 3 is 2.04 bits per heavy atom. The first-order valence-corrected chi connectivity index (χ1v) is 8.09. The minimum absolute atomic E-state index is 0.00578. The van der Waals surface area contributed by atoms with Crippen LogP contribution < -0.4 is 10.4 Å². The quantitative estimate of drug-likeness (QED) is 0.817. The van der Waals surface area contributed by atoms with Crippen molar-refractivity contribution in [3.8, 4) is 18.2 Å². The fourth-order valence-corrected chi connectivity index (χ4v) is 2.76. The molecule has 0 amide bonds. The summed E-state index contributed by atoms with van der Waals surface area (Å²) in [5.41, 5.74) is 1.50. The number of rotatable bonds is 2. The first-order chi connectivity index (χ1) is 12.6. The molecule has 0 radical (unpaired) electrons. The Labute approximate surface area is 151 Å². The molecule has 2 aliphatic heterocycles. The molecule has 1 aromatic carbocycles. The molecule has 26 heavy (non-hydrogen) atoms. The van der Waals surface area contributed by atoms with E-state index in [-0.39, 0.29) is 11.1 Å². The fraction of sp³-hybridized carbons (Fsp3) is 0.190. The Balaban J connectivity index is 1.91. The van der Waals surface area contributed by atoms with Crippen molar-refractivity contribution in [2.24, 2.45) is 0 Å². The van der Waals surface area contributed by atoms with E-state index < -0.39 is 0 Å². The third-order valence-electron chi connectivity index (χ3n) is 4.44. The predicted octanol–water partition coefficient (Wildman–Crippen LogP) is 1.62. The summed E-state index contributed by atoms with van der Waals surface area (Å²) in [6.07, 6.45) is 9.73. The number of nitriles is 3. The highest BCUT2D eigenvalue weighted by molar-refractivity contribution is 5.74. The lowest BCUT2D eigenvalue weighted by molar-refractivity contribution is -0.0999. The molecular weight excluding hydrogens is 324 g/mol. The van der Waals surface area contributed by atoms with Crippen LogP contribution in [-0.2, 0) is 4.74 Å². The van der Waals surface area contributed by atoms with Crippen molar-refractivity contribution in [1.29, 1.82) is 15.8 Å². The number of benzene rings is 1. The van der Waals surface area contributed by atoms with Gasteiger partial charge in [-0.25, -0.2) is 0 Å². The van der Waals surface area contributed by atoms with Gasteiger partial charge in [-0.05, 0) is 35.9 Å². The SMILES string of the molecule is CC1(N2C=CC(=CC(C#N)=c3ccc(=C(C#N)C#N)cc3)C=C2)COC1. The van der Waals surface area contributed by atoms with E-state index in [1.54, 1.807) is 24.3 Å². The molecule has 5 nitrogen and oxygen atoms in total. The highest BCUT2D eigenvalue weighted by Crippen LogP contribution is 2.27. The van der Waals surface area contributed by atoms with Crippen LogP contribution in [0.4, 0.5) is 0 Å². The average molecular weight is 340 g/mol. The van der Waals surface area contributed by atoms with Crippen LogP contribution in [0.25, 0.3) is 11.1 Å². The van der Waals surface area contributed by atoms with Crippen LogP contribution in [0.15, 0.2) is 60.5 Å². The van der Waals surface area contributed by atoms with E-state index in [0.29, 0.717) is 24.0 Å². The first-order valence-electron chi connectivity index (χ1n) is 8.09. The maximum atomic E-state index is 9.49. The van der Waals surface area contributed by atoms with Gasteiger partial charge in [-0.15, -0.1) is 0 Å². The molecule has 0 atom stereocenters. The van der Waals surface area contributed by atoms with Crippen LogP contribution in [0.2, 0.25) is 0 Å². The van der Waals surface area contributed by atoms with Crippen LogP contribution in [0.3, 0.4) is 0 Å². The summed E-state index contributed by atoms with van der Waals surface area (Å²) in [6, 6.07) is 12.8. The Bertz CT molecular complexity index is 1010. The summed E-state index contributed by atoms with van der Waals surface area (Å²) in [4.78, 5) is 2.12. The zero-order valence-corrected chi connectivity index (χ0v) is 14.3. The molecule has 1 saturated heterocycles. The van der Waals surface area contributed by atoms with E-state index in [4.69, 9.17) is 15.3 Å². The molecular formula is C21H16N4O. The minimum Gasteiger partial charge on any atom is -0.376 e. The second-order valence-corrected chi connectivity index (χ2v) is 6.37. The van der Waals surface area contributed by atoms with Gasteiger partial charge in [-0.1, -0.05) is 24.3 Å². The molecule has 0 N–H and O–H groups in total.